The van der Waals surface area contributed by atoms with E-state index in [2.05, 4.69) is 11.1 Å². The average molecular weight is 264 g/mol. The van der Waals surface area contributed by atoms with E-state index in [1.165, 1.54) is 0 Å². The number of pyridine rings is 1. The smallest absolute Gasteiger partial charge is 0.127 e. The van der Waals surface area contributed by atoms with Crippen LogP contribution in [0, 0.1) is 6.92 Å². The van der Waals surface area contributed by atoms with Gasteiger partial charge in [0, 0.05) is 34.4 Å². The molecule has 0 radical (unpaired) electrons. The van der Waals surface area contributed by atoms with E-state index in [9.17, 15) is 0 Å². The van der Waals surface area contributed by atoms with Gasteiger partial charge in [-0.15, -0.1) is 0 Å². The number of fused-ring (bicyclic) bond motifs is 1. The second-order valence-corrected chi connectivity index (χ2v) is 4.86. The molecule has 3 aromatic rings. The van der Waals surface area contributed by atoms with E-state index in [-0.39, 0.29) is 0 Å². The molecule has 100 valence electrons. The van der Waals surface area contributed by atoms with Crippen molar-refractivity contribution in [2.45, 2.75) is 13.5 Å². The Labute approximate surface area is 118 Å². The van der Waals surface area contributed by atoms with Crippen LogP contribution in [0.3, 0.4) is 0 Å². The Bertz CT molecular complexity index is 753. The Morgan fingerprint density at radius 2 is 1.85 bits per heavy atom. The van der Waals surface area contributed by atoms with Crippen LogP contribution in [0.4, 0.5) is 5.69 Å². The molecule has 3 heteroatoms. The molecule has 2 aromatic carbocycles. The molecule has 0 aliphatic carbocycles. The highest BCUT2D eigenvalue weighted by Crippen LogP contribution is 2.30. The maximum absolute atomic E-state index is 5.99. The van der Waals surface area contributed by atoms with Crippen LogP contribution in [0.15, 0.2) is 54.9 Å². The lowest BCUT2D eigenvalue weighted by molar-refractivity contribution is 0.309. The maximum Gasteiger partial charge on any atom is 0.127 e. The zero-order valence-electron chi connectivity index (χ0n) is 11.3. The molecule has 0 amide bonds. The number of aromatic nitrogens is 1. The van der Waals surface area contributed by atoms with E-state index in [4.69, 9.17) is 10.5 Å². The molecule has 0 bridgehead atoms. The van der Waals surface area contributed by atoms with Gasteiger partial charge in [0.15, 0.2) is 0 Å². The SMILES string of the molecule is Cc1cncc(COc2ccc(N)c3ccccc23)c1. The number of benzene rings is 2. The molecular formula is C17H16N2O. The zero-order chi connectivity index (χ0) is 13.9. The second kappa shape index (κ2) is 5.21. The number of aryl methyl sites for hydroxylation is 1. The minimum Gasteiger partial charge on any atom is -0.488 e. The molecule has 1 aromatic heterocycles. The van der Waals surface area contributed by atoms with E-state index < -0.39 is 0 Å². The fourth-order valence-corrected chi connectivity index (χ4v) is 2.28. The third kappa shape index (κ3) is 2.43. The van der Waals surface area contributed by atoms with Gasteiger partial charge in [-0.1, -0.05) is 24.3 Å². The highest BCUT2D eigenvalue weighted by molar-refractivity contribution is 5.96. The van der Waals surface area contributed by atoms with Crippen molar-refractivity contribution in [1.82, 2.24) is 4.98 Å². The van der Waals surface area contributed by atoms with Gasteiger partial charge >= 0.3 is 0 Å². The predicted octanol–water partition coefficient (Wildman–Crippen LogP) is 3.70. The summed E-state index contributed by atoms with van der Waals surface area (Å²) in [5.74, 6) is 0.844. The van der Waals surface area contributed by atoms with Crippen LogP contribution in [0.5, 0.6) is 5.75 Å². The first kappa shape index (κ1) is 12.5. The minimum absolute atomic E-state index is 0.503. The van der Waals surface area contributed by atoms with Gasteiger partial charge in [-0.3, -0.25) is 4.98 Å². The van der Waals surface area contributed by atoms with Gasteiger partial charge in [0.25, 0.3) is 0 Å². The number of hydrogen-bond acceptors (Lipinski definition) is 3. The van der Waals surface area contributed by atoms with Crippen LogP contribution in [0.25, 0.3) is 10.8 Å². The molecule has 3 rings (SSSR count). The summed E-state index contributed by atoms with van der Waals surface area (Å²) < 4.78 is 5.92. The summed E-state index contributed by atoms with van der Waals surface area (Å²) in [5.41, 5.74) is 8.95. The Balaban J connectivity index is 1.90. The van der Waals surface area contributed by atoms with Crippen molar-refractivity contribution in [1.29, 1.82) is 0 Å². The van der Waals surface area contributed by atoms with Gasteiger partial charge in [-0.2, -0.15) is 0 Å². The Kier molecular flexibility index (Phi) is 3.25. The topological polar surface area (TPSA) is 48.1 Å². The minimum atomic E-state index is 0.503. The molecule has 0 fully saturated rings. The van der Waals surface area contributed by atoms with Gasteiger partial charge in [-0.05, 0) is 30.7 Å². The van der Waals surface area contributed by atoms with Crippen LogP contribution >= 0.6 is 0 Å². The Hall–Kier alpha value is -2.55. The molecule has 0 atom stereocenters. The molecule has 0 spiro atoms. The van der Waals surface area contributed by atoms with Crippen molar-refractivity contribution in [3.63, 3.8) is 0 Å². The number of anilines is 1. The normalized spacial score (nSPS) is 10.7. The summed E-state index contributed by atoms with van der Waals surface area (Å²) in [6.45, 7) is 2.53. The fourth-order valence-electron chi connectivity index (χ4n) is 2.28. The van der Waals surface area contributed by atoms with Crippen LogP contribution in [-0.2, 0) is 6.61 Å². The average Bonchev–Trinajstić information content (AvgIpc) is 2.47. The summed E-state index contributed by atoms with van der Waals surface area (Å²) in [7, 11) is 0. The predicted molar refractivity (Wildman–Crippen MR) is 81.7 cm³/mol. The molecule has 0 unspecified atom stereocenters. The number of rotatable bonds is 3. The molecule has 3 nitrogen and oxygen atoms in total. The van der Waals surface area contributed by atoms with E-state index in [0.29, 0.717) is 6.61 Å². The highest BCUT2D eigenvalue weighted by Gasteiger charge is 2.05. The van der Waals surface area contributed by atoms with Crippen LogP contribution < -0.4 is 10.5 Å². The Morgan fingerprint density at radius 1 is 1.05 bits per heavy atom. The van der Waals surface area contributed by atoms with E-state index >= 15 is 0 Å². The van der Waals surface area contributed by atoms with Crippen LogP contribution in [0.2, 0.25) is 0 Å². The van der Waals surface area contributed by atoms with Gasteiger partial charge in [0.2, 0.25) is 0 Å². The zero-order valence-corrected chi connectivity index (χ0v) is 11.3. The van der Waals surface area contributed by atoms with Crippen LogP contribution in [0.1, 0.15) is 11.1 Å². The number of hydrogen-bond donors (Lipinski definition) is 1. The third-order valence-electron chi connectivity index (χ3n) is 3.24. The Morgan fingerprint density at radius 3 is 2.65 bits per heavy atom. The van der Waals surface area contributed by atoms with Crippen molar-refractivity contribution >= 4 is 16.5 Å². The lowest BCUT2D eigenvalue weighted by Crippen LogP contribution is -1.98. The summed E-state index contributed by atoms with van der Waals surface area (Å²) >= 11 is 0. The molecule has 0 saturated heterocycles. The van der Waals surface area contributed by atoms with Gasteiger partial charge in [0.05, 0.1) is 0 Å². The van der Waals surface area contributed by atoms with E-state index in [0.717, 1.165) is 33.3 Å². The van der Waals surface area contributed by atoms with E-state index in [1.807, 2.05) is 55.7 Å². The quantitative estimate of drug-likeness (QED) is 0.734. The number of nitrogen functional groups attached to an aromatic ring is 1. The first-order valence-electron chi connectivity index (χ1n) is 6.54. The first-order chi connectivity index (χ1) is 9.74. The first-order valence-corrected chi connectivity index (χ1v) is 6.54. The van der Waals surface area contributed by atoms with Crippen molar-refractivity contribution < 1.29 is 4.74 Å². The monoisotopic (exact) mass is 264 g/mol. The molecule has 20 heavy (non-hydrogen) atoms. The molecule has 0 aliphatic heterocycles. The fraction of sp³-hybridized carbons (Fsp3) is 0.118. The molecular weight excluding hydrogens is 248 g/mol. The number of nitrogens with two attached hydrogens (primary N) is 1. The van der Waals surface area contributed by atoms with Crippen LogP contribution in [-0.4, -0.2) is 4.98 Å². The van der Waals surface area contributed by atoms with Crippen molar-refractivity contribution in [2.24, 2.45) is 0 Å². The molecule has 1 heterocycles. The molecule has 2 N–H and O–H groups in total. The van der Waals surface area contributed by atoms with Gasteiger partial charge in [-0.25, -0.2) is 0 Å². The maximum atomic E-state index is 5.99. The van der Waals surface area contributed by atoms with Crippen molar-refractivity contribution in [2.75, 3.05) is 5.73 Å². The van der Waals surface area contributed by atoms with E-state index in [1.54, 1.807) is 0 Å². The summed E-state index contributed by atoms with van der Waals surface area (Å²) in [6.07, 6.45) is 3.66. The summed E-state index contributed by atoms with van der Waals surface area (Å²) in [6, 6.07) is 13.9. The largest absolute Gasteiger partial charge is 0.488 e. The van der Waals surface area contributed by atoms with Crippen molar-refractivity contribution in [3.8, 4) is 5.75 Å². The molecule has 0 saturated carbocycles. The standard InChI is InChI=1S/C17H16N2O/c1-12-8-13(10-19-9-12)11-20-17-7-6-16(18)14-4-2-3-5-15(14)17/h2-10H,11,18H2,1H3. The number of ether oxygens (including phenoxy) is 1. The lowest BCUT2D eigenvalue weighted by atomic mass is 10.1. The lowest BCUT2D eigenvalue weighted by Gasteiger charge is -2.11. The summed E-state index contributed by atoms with van der Waals surface area (Å²) in [4.78, 5) is 4.17. The highest BCUT2D eigenvalue weighted by atomic mass is 16.5. The van der Waals surface area contributed by atoms with Gasteiger partial charge in [0.1, 0.15) is 12.4 Å². The second-order valence-electron chi connectivity index (χ2n) is 4.86. The number of nitrogens with zero attached hydrogens (tertiary/aromatic N) is 1. The molecule has 0 aliphatic rings. The van der Waals surface area contributed by atoms with Gasteiger partial charge < -0.3 is 10.5 Å². The van der Waals surface area contributed by atoms with Crippen molar-refractivity contribution in [3.05, 3.63) is 66.0 Å². The third-order valence-corrected chi connectivity index (χ3v) is 3.24. The summed E-state index contributed by atoms with van der Waals surface area (Å²) in [5, 5.41) is 2.06.